The Hall–Kier alpha value is -1.94. The van der Waals surface area contributed by atoms with Gasteiger partial charge in [-0.25, -0.2) is 4.39 Å². The number of nitrogens with zero attached hydrogens (tertiary/aromatic N) is 2. The van der Waals surface area contributed by atoms with E-state index in [0.29, 0.717) is 17.7 Å². The van der Waals surface area contributed by atoms with Crippen molar-refractivity contribution in [1.82, 2.24) is 4.98 Å². The third-order valence-corrected chi connectivity index (χ3v) is 3.51. The summed E-state index contributed by atoms with van der Waals surface area (Å²) in [4.78, 5) is 6.46. The summed E-state index contributed by atoms with van der Waals surface area (Å²) in [6.45, 7) is 5.93. The van der Waals surface area contributed by atoms with Gasteiger partial charge in [-0.15, -0.1) is 0 Å². The molecular formula is C17H21FN2O. The lowest BCUT2D eigenvalue weighted by Gasteiger charge is -2.24. The molecular weight excluding hydrogens is 267 g/mol. The van der Waals surface area contributed by atoms with Crippen LogP contribution in [0, 0.1) is 19.7 Å². The minimum absolute atomic E-state index is 0.295. The second-order valence-corrected chi connectivity index (χ2v) is 5.46. The summed E-state index contributed by atoms with van der Waals surface area (Å²) < 4.78 is 13.7. The summed E-state index contributed by atoms with van der Waals surface area (Å²) in [5.74, 6) is -0.295. The highest BCUT2D eigenvalue weighted by atomic mass is 19.1. The minimum atomic E-state index is -0.719. The molecule has 2 aromatic rings. The first-order valence-corrected chi connectivity index (χ1v) is 7.00. The molecule has 0 unspecified atom stereocenters. The minimum Gasteiger partial charge on any atom is -0.389 e. The Balaban J connectivity index is 2.34. The number of anilines is 1. The van der Waals surface area contributed by atoms with E-state index in [1.54, 1.807) is 19.9 Å². The summed E-state index contributed by atoms with van der Waals surface area (Å²) in [7, 11) is 1.92. The van der Waals surface area contributed by atoms with Crippen LogP contribution in [0.1, 0.15) is 35.5 Å². The molecule has 112 valence electrons. The van der Waals surface area contributed by atoms with Gasteiger partial charge in [0.1, 0.15) is 5.82 Å². The van der Waals surface area contributed by atoms with Crippen LogP contribution in [0.3, 0.4) is 0 Å². The predicted octanol–water partition coefficient (Wildman–Crippen LogP) is 3.53. The van der Waals surface area contributed by atoms with E-state index in [0.717, 1.165) is 17.1 Å². The van der Waals surface area contributed by atoms with Crippen LogP contribution < -0.4 is 4.90 Å². The molecule has 1 atom stereocenters. The number of rotatable bonds is 4. The summed E-state index contributed by atoms with van der Waals surface area (Å²) in [5, 5.41) is 9.87. The maximum Gasteiger partial charge on any atom is 0.126 e. The van der Waals surface area contributed by atoms with Gasteiger partial charge in [-0.2, -0.15) is 0 Å². The van der Waals surface area contributed by atoms with Gasteiger partial charge in [0.15, 0.2) is 0 Å². The number of hydrogen-bond acceptors (Lipinski definition) is 3. The van der Waals surface area contributed by atoms with E-state index in [-0.39, 0.29) is 5.82 Å². The molecule has 4 heteroatoms. The maximum absolute atomic E-state index is 13.7. The molecule has 0 aliphatic rings. The van der Waals surface area contributed by atoms with Crippen LogP contribution in [-0.2, 0) is 6.54 Å². The van der Waals surface area contributed by atoms with E-state index in [1.807, 2.05) is 37.1 Å². The Morgan fingerprint density at radius 2 is 2.00 bits per heavy atom. The van der Waals surface area contributed by atoms with Crippen LogP contribution in [0.5, 0.6) is 0 Å². The molecule has 2 rings (SSSR count). The Morgan fingerprint density at radius 1 is 1.29 bits per heavy atom. The largest absolute Gasteiger partial charge is 0.389 e. The number of halogens is 1. The number of aromatic nitrogens is 1. The zero-order chi connectivity index (χ0) is 15.6. The number of aryl methyl sites for hydroxylation is 2. The first-order valence-electron chi connectivity index (χ1n) is 7.00. The number of pyridine rings is 1. The second kappa shape index (κ2) is 6.22. The Bertz CT molecular complexity index is 641. The molecule has 1 aromatic carbocycles. The molecule has 0 bridgehead atoms. The van der Waals surface area contributed by atoms with E-state index in [2.05, 4.69) is 4.98 Å². The van der Waals surface area contributed by atoms with Gasteiger partial charge in [-0.3, -0.25) is 4.98 Å². The van der Waals surface area contributed by atoms with Crippen molar-refractivity contribution in [3.8, 4) is 0 Å². The normalized spacial score (nSPS) is 12.3. The van der Waals surface area contributed by atoms with Crippen LogP contribution in [0.4, 0.5) is 10.1 Å². The molecule has 0 aliphatic carbocycles. The molecule has 1 heterocycles. The average Bonchev–Trinajstić information content (AvgIpc) is 2.41. The molecule has 0 radical (unpaired) electrons. The molecule has 0 saturated carbocycles. The van der Waals surface area contributed by atoms with E-state index in [1.165, 1.54) is 6.07 Å². The van der Waals surface area contributed by atoms with Gasteiger partial charge in [-0.05, 0) is 50.6 Å². The van der Waals surface area contributed by atoms with Gasteiger partial charge in [0.2, 0.25) is 0 Å². The van der Waals surface area contributed by atoms with Gasteiger partial charge in [0.25, 0.3) is 0 Å². The summed E-state index contributed by atoms with van der Waals surface area (Å²) in [6.07, 6.45) is -0.719. The molecule has 21 heavy (non-hydrogen) atoms. The molecule has 0 saturated heterocycles. The first kappa shape index (κ1) is 15.4. The molecule has 0 spiro atoms. The van der Waals surface area contributed by atoms with Crippen LogP contribution >= 0.6 is 0 Å². The van der Waals surface area contributed by atoms with E-state index >= 15 is 0 Å². The van der Waals surface area contributed by atoms with Gasteiger partial charge in [0, 0.05) is 24.0 Å². The number of aliphatic hydroxyl groups is 1. The Morgan fingerprint density at radius 3 is 2.62 bits per heavy atom. The lowest BCUT2D eigenvalue weighted by atomic mass is 10.0. The molecule has 0 aliphatic heterocycles. The van der Waals surface area contributed by atoms with Gasteiger partial charge in [-0.1, -0.05) is 6.07 Å². The third kappa shape index (κ3) is 3.58. The topological polar surface area (TPSA) is 36.4 Å². The number of aliphatic hydroxyl groups excluding tert-OH is 1. The van der Waals surface area contributed by atoms with Crippen molar-refractivity contribution in [2.45, 2.75) is 33.4 Å². The SMILES string of the molecule is Cc1cccc(CN(C)c2cc(C)c(F)cc2[C@H](C)O)n1. The standard InChI is InChI=1S/C17H21FN2O/c1-11-8-17(15(13(3)21)9-16(11)18)20(4)10-14-7-5-6-12(2)19-14/h5-9,13,21H,10H2,1-4H3/t13-/m0/s1. The quantitative estimate of drug-likeness (QED) is 0.935. The van der Waals surface area contributed by atoms with Crippen molar-refractivity contribution in [2.24, 2.45) is 0 Å². The van der Waals surface area contributed by atoms with Gasteiger partial charge < -0.3 is 10.0 Å². The van der Waals surface area contributed by atoms with Crippen molar-refractivity contribution < 1.29 is 9.50 Å². The molecule has 0 fully saturated rings. The van der Waals surface area contributed by atoms with Crippen LogP contribution in [-0.4, -0.2) is 17.1 Å². The number of hydrogen-bond donors (Lipinski definition) is 1. The highest BCUT2D eigenvalue weighted by molar-refractivity contribution is 5.56. The average molecular weight is 288 g/mol. The van der Waals surface area contributed by atoms with Crippen LogP contribution in [0.15, 0.2) is 30.3 Å². The molecule has 1 aromatic heterocycles. The van der Waals surface area contributed by atoms with Crippen molar-refractivity contribution in [1.29, 1.82) is 0 Å². The second-order valence-electron chi connectivity index (χ2n) is 5.46. The zero-order valence-electron chi connectivity index (χ0n) is 12.9. The Labute approximate surface area is 125 Å². The van der Waals surface area contributed by atoms with E-state index in [9.17, 15) is 9.50 Å². The van der Waals surface area contributed by atoms with Crippen molar-refractivity contribution in [2.75, 3.05) is 11.9 Å². The Kier molecular flexibility index (Phi) is 4.58. The van der Waals surface area contributed by atoms with Crippen molar-refractivity contribution in [3.05, 3.63) is 58.7 Å². The highest BCUT2D eigenvalue weighted by Crippen LogP contribution is 2.29. The van der Waals surface area contributed by atoms with Gasteiger partial charge >= 0.3 is 0 Å². The number of benzene rings is 1. The first-order chi connectivity index (χ1) is 9.88. The summed E-state index contributed by atoms with van der Waals surface area (Å²) >= 11 is 0. The summed E-state index contributed by atoms with van der Waals surface area (Å²) in [6, 6.07) is 9.06. The smallest absolute Gasteiger partial charge is 0.126 e. The molecule has 1 N–H and O–H groups in total. The van der Waals surface area contributed by atoms with E-state index in [4.69, 9.17) is 0 Å². The van der Waals surface area contributed by atoms with Crippen molar-refractivity contribution >= 4 is 5.69 Å². The lowest BCUT2D eigenvalue weighted by molar-refractivity contribution is 0.199. The molecule has 3 nitrogen and oxygen atoms in total. The zero-order valence-corrected chi connectivity index (χ0v) is 12.9. The van der Waals surface area contributed by atoms with Crippen LogP contribution in [0.2, 0.25) is 0 Å². The fraction of sp³-hybridized carbons (Fsp3) is 0.353. The fourth-order valence-corrected chi connectivity index (χ4v) is 2.36. The lowest BCUT2D eigenvalue weighted by Crippen LogP contribution is -2.20. The molecule has 0 amide bonds. The van der Waals surface area contributed by atoms with Crippen LogP contribution in [0.25, 0.3) is 0 Å². The fourth-order valence-electron chi connectivity index (χ4n) is 2.36. The highest BCUT2D eigenvalue weighted by Gasteiger charge is 2.15. The third-order valence-electron chi connectivity index (χ3n) is 3.51. The maximum atomic E-state index is 13.7. The predicted molar refractivity (Wildman–Crippen MR) is 82.9 cm³/mol. The summed E-state index contributed by atoms with van der Waals surface area (Å²) in [5.41, 5.74) is 3.89. The van der Waals surface area contributed by atoms with Crippen molar-refractivity contribution in [3.63, 3.8) is 0 Å². The van der Waals surface area contributed by atoms with Gasteiger partial charge in [0.05, 0.1) is 18.3 Å². The van der Waals surface area contributed by atoms with E-state index < -0.39 is 6.10 Å². The monoisotopic (exact) mass is 288 g/mol.